The van der Waals surface area contributed by atoms with E-state index in [1.165, 1.54) is 12.0 Å². The predicted molar refractivity (Wildman–Crippen MR) is 58.5 cm³/mol. The van der Waals surface area contributed by atoms with Gasteiger partial charge in [-0.25, -0.2) is 0 Å². The Labute approximate surface area is 85.1 Å². The Morgan fingerprint density at radius 2 is 2.07 bits per heavy atom. The number of hydrogen-bond acceptors (Lipinski definition) is 2. The first-order valence-electron chi connectivity index (χ1n) is 4.98. The van der Waals surface area contributed by atoms with Crippen LogP contribution in [0.5, 0.6) is 5.75 Å². The van der Waals surface area contributed by atoms with Gasteiger partial charge in [0.1, 0.15) is 5.75 Å². The van der Waals surface area contributed by atoms with Gasteiger partial charge in [0.25, 0.3) is 0 Å². The number of rotatable bonds is 2. The van der Waals surface area contributed by atoms with Crippen LogP contribution in [-0.2, 0) is 0 Å². The van der Waals surface area contributed by atoms with E-state index in [9.17, 15) is 0 Å². The standard InChI is InChI=1S/C12H17NO/c1-12(2)7-10(12)9-6-8(14-3)4-5-11(9)13/h4-6,10H,7,13H2,1-3H3. The lowest BCUT2D eigenvalue weighted by atomic mass is 10.0. The predicted octanol–water partition coefficient (Wildman–Crippen LogP) is 2.79. The quantitative estimate of drug-likeness (QED) is 0.729. The molecule has 2 nitrogen and oxygen atoms in total. The number of nitrogens with two attached hydrogens (primary N) is 1. The highest BCUT2D eigenvalue weighted by Crippen LogP contribution is 2.59. The zero-order chi connectivity index (χ0) is 10.3. The molecule has 0 spiro atoms. The van der Waals surface area contributed by atoms with Crippen molar-refractivity contribution in [2.75, 3.05) is 12.8 Å². The molecule has 0 saturated heterocycles. The number of nitrogen functional groups attached to an aromatic ring is 1. The number of anilines is 1. The summed E-state index contributed by atoms with van der Waals surface area (Å²) in [6.45, 7) is 4.55. The van der Waals surface area contributed by atoms with Gasteiger partial charge < -0.3 is 10.5 Å². The van der Waals surface area contributed by atoms with Crippen molar-refractivity contribution in [2.45, 2.75) is 26.2 Å². The van der Waals surface area contributed by atoms with E-state index < -0.39 is 0 Å². The lowest BCUT2D eigenvalue weighted by Crippen LogP contribution is -1.97. The van der Waals surface area contributed by atoms with Gasteiger partial charge in [0.15, 0.2) is 0 Å². The van der Waals surface area contributed by atoms with Crippen LogP contribution in [0.1, 0.15) is 31.7 Å². The van der Waals surface area contributed by atoms with Crippen molar-refractivity contribution in [3.8, 4) is 5.75 Å². The summed E-state index contributed by atoms with van der Waals surface area (Å²) >= 11 is 0. The summed E-state index contributed by atoms with van der Waals surface area (Å²) in [6, 6.07) is 5.91. The molecule has 1 aliphatic rings. The molecule has 76 valence electrons. The highest BCUT2D eigenvalue weighted by molar-refractivity contribution is 5.54. The molecule has 1 atom stereocenters. The normalized spacial score (nSPS) is 23.2. The highest BCUT2D eigenvalue weighted by Gasteiger charge is 2.47. The van der Waals surface area contributed by atoms with E-state index in [4.69, 9.17) is 10.5 Å². The number of ether oxygens (including phenoxy) is 1. The van der Waals surface area contributed by atoms with E-state index in [0.717, 1.165) is 11.4 Å². The minimum atomic E-state index is 0.417. The molecule has 0 heterocycles. The molecular weight excluding hydrogens is 174 g/mol. The summed E-state index contributed by atoms with van der Waals surface area (Å²) in [4.78, 5) is 0. The smallest absolute Gasteiger partial charge is 0.119 e. The molecule has 0 amide bonds. The second-order valence-electron chi connectivity index (χ2n) is 4.74. The van der Waals surface area contributed by atoms with E-state index in [2.05, 4.69) is 19.9 Å². The monoisotopic (exact) mass is 191 g/mol. The fraction of sp³-hybridized carbons (Fsp3) is 0.500. The van der Waals surface area contributed by atoms with Crippen LogP contribution in [0.15, 0.2) is 18.2 Å². The number of methoxy groups -OCH3 is 1. The van der Waals surface area contributed by atoms with Crippen LogP contribution < -0.4 is 10.5 Å². The second kappa shape index (κ2) is 2.91. The Balaban J connectivity index is 2.33. The molecule has 1 fully saturated rings. The third-order valence-electron chi connectivity index (χ3n) is 3.18. The van der Waals surface area contributed by atoms with E-state index >= 15 is 0 Å². The molecule has 2 rings (SSSR count). The highest BCUT2D eigenvalue weighted by atomic mass is 16.5. The van der Waals surface area contributed by atoms with E-state index in [1.807, 2.05) is 12.1 Å². The fourth-order valence-corrected chi connectivity index (χ4v) is 1.98. The molecule has 14 heavy (non-hydrogen) atoms. The second-order valence-corrected chi connectivity index (χ2v) is 4.74. The van der Waals surface area contributed by atoms with E-state index in [-0.39, 0.29) is 0 Å². The van der Waals surface area contributed by atoms with Gasteiger partial charge in [0.2, 0.25) is 0 Å². The van der Waals surface area contributed by atoms with Crippen molar-refractivity contribution >= 4 is 5.69 Å². The molecule has 0 aromatic heterocycles. The molecule has 2 heteroatoms. The average Bonchev–Trinajstić information content (AvgIpc) is 2.76. The zero-order valence-corrected chi connectivity index (χ0v) is 9.00. The van der Waals surface area contributed by atoms with Crippen LogP contribution in [0.2, 0.25) is 0 Å². The van der Waals surface area contributed by atoms with Crippen molar-refractivity contribution in [2.24, 2.45) is 5.41 Å². The Morgan fingerprint density at radius 1 is 1.43 bits per heavy atom. The summed E-state index contributed by atoms with van der Waals surface area (Å²) in [6.07, 6.45) is 1.23. The fourth-order valence-electron chi connectivity index (χ4n) is 1.98. The van der Waals surface area contributed by atoms with Crippen LogP contribution in [0, 0.1) is 5.41 Å². The maximum Gasteiger partial charge on any atom is 0.119 e. The lowest BCUT2D eigenvalue weighted by molar-refractivity contribution is 0.414. The third-order valence-corrected chi connectivity index (χ3v) is 3.18. The van der Waals surface area contributed by atoms with Gasteiger partial charge in [-0.1, -0.05) is 13.8 Å². The summed E-state index contributed by atoms with van der Waals surface area (Å²) in [5.74, 6) is 1.51. The maximum atomic E-state index is 5.95. The summed E-state index contributed by atoms with van der Waals surface area (Å²) in [7, 11) is 1.69. The minimum Gasteiger partial charge on any atom is -0.497 e. The van der Waals surface area contributed by atoms with Crippen molar-refractivity contribution < 1.29 is 4.74 Å². The maximum absolute atomic E-state index is 5.95. The molecule has 2 N–H and O–H groups in total. The summed E-state index contributed by atoms with van der Waals surface area (Å²) in [5, 5.41) is 0. The molecule has 1 aromatic rings. The molecular formula is C12H17NO. The first-order chi connectivity index (χ1) is 6.54. The Hall–Kier alpha value is -1.18. The van der Waals surface area contributed by atoms with Crippen molar-refractivity contribution in [3.63, 3.8) is 0 Å². The molecule has 1 aromatic carbocycles. The van der Waals surface area contributed by atoms with Crippen molar-refractivity contribution in [1.82, 2.24) is 0 Å². The molecule has 1 aliphatic carbocycles. The van der Waals surface area contributed by atoms with Crippen LogP contribution in [-0.4, -0.2) is 7.11 Å². The van der Waals surface area contributed by atoms with Crippen molar-refractivity contribution in [3.05, 3.63) is 23.8 Å². The molecule has 0 aliphatic heterocycles. The van der Waals surface area contributed by atoms with Gasteiger partial charge in [-0.3, -0.25) is 0 Å². The largest absolute Gasteiger partial charge is 0.497 e. The lowest BCUT2D eigenvalue weighted by Gasteiger charge is -2.09. The van der Waals surface area contributed by atoms with Gasteiger partial charge >= 0.3 is 0 Å². The summed E-state index contributed by atoms with van der Waals surface area (Å²) < 4.78 is 5.20. The Kier molecular flexibility index (Phi) is 1.95. The van der Waals surface area contributed by atoms with Gasteiger partial charge in [0.05, 0.1) is 7.11 Å². The Morgan fingerprint density at radius 3 is 2.57 bits per heavy atom. The average molecular weight is 191 g/mol. The van der Waals surface area contributed by atoms with Crippen molar-refractivity contribution in [1.29, 1.82) is 0 Å². The van der Waals surface area contributed by atoms with Crippen LogP contribution in [0.4, 0.5) is 5.69 Å². The first kappa shape index (κ1) is 9.38. The third kappa shape index (κ3) is 1.45. The molecule has 0 radical (unpaired) electrons. The van der Waals surface area contributed by atoms with E-state index in [1.54, 1.807) is 7.11 Å². The SMILES string of the molecule is COc1ccc(N)c(C2CC2(C)C)c1. The molecule has 1 saturated carbocycles. The zero-order valence-electron chi connectivity index (χ0n) is 9.00. The van der Waals surface area contributed by atoms with Crippen LogP contribution >= 0.6 is 0 Å². The summed E-state index contributed by atoms with van der Waals surface area (Å²) in [5.41, 5.74) is 8.50. The van der Waals surface area contributed by atoms with E-state index in [0.29, 0.717) is 11.3 Å². The minimum absolute atomic E-state index is 0.417. The van der Waals surface area contributed by atoms with Crippen LogP contribution in [0.25, 0.3) is 0 Å². The van der Waals surface area contributed by atoms with Gasteiger partial charge in [-0.2, -0.15) is 0 Å². The topological polar surface area (TPSA) is 35.2 Å². The van der Waals surface area contributed by atoms with Gasteiger partial charge in [-0.15, -0.1) is 0 Å². The first-order valence-corrected chi connectivity index (χ1v) is 4.98. The van der Waals surface area contributed by atoms with Gasteiger partial charge in [-0.05, 0) is 41.5 Å². The van der Waals surface area contributed by atoms with Gasteiger partial charge in [0, 0.05) is 5.69 Å². The Bertz CT molecular complexity index is 357. The number of benzene rings is 1. The molecule has 1 unspecified atom stereocenters. The number of hydrogen-bond donors (Lipinski definition) is 1. The van der Waals surface area contributed by atoms with Crippen LogP contribution in [0.3, 0.4) is 0 Å². The molecule has 0 bridgehead atoms.